The SMILES string of the molecule is CC1(C)CCC(CC(=O)CC[C@H](N)C(=O)O)c2ccccc21. The molecule has 1 aliphatic carbocycles. The predicted molar refractivity (Wildman–Crippen MR) is 85.9 cm³/mol. The molecule has 0 fully saturated rings. The maximum Gasteiger partial charge on any atom is 0.320 e. The highest BCUT2D eigenvalue weighted by atomic mass is 16.4. The summed E-state index contributed by atoms with van der Waals surface area (Å²) in [6.45, 7) is 4.49. The maximum atomic E-state index is 12.2. The number of hydrogen-bond acceptors (Lipinski definition) is 3. The van der Waals surface area contributed by atoms with Gasteiger partial charge in [0.05, 0.1) is 0 Å². The molecule has 0 radical (unpaired) electrons. The number of carboxylic acid groups (broad SMARTS) is 1. The fraction of sp³-hybridized carbons (Fsp3) is 0.556. The van der Waals surface area contributed by atoms with Crippen LogP contribution in [0.5, 0.6) is 0 Å². The number of carbonyl (C=O) groups is 2. The van der Waals surface area contributed by atoms with Gasteiger partial charge in [-0.25, -0.2) is 0 Å². The number of rotatable bonds is 6. The van der Waals surface area contributed by atoms with E-state index in [1.807, 2.05) is 6.07 Å². The first-order valence-corrected chi connectivity index (χ1v) is 7.91. The van der Waals surface area contributed by atoms with Crippen molar-refractivity contribution in [3.8, 4) is 0 Å². The van der Waals surface area contributed by atoms with Crippen molar-refractivity contribution in [3.05, 3.63) is 35.4 Å². The van der Waals surface area contributed by atoms with Gasteiger partial charge in [-0.15, -0.1) is 0 Å². The Balaban J connectivity index is 2.02. The summed E-state index contributed by atoms with van der Waals surface area (Å²) in [5, 5.41) is 8.77. The molecule has 0 spiro atoms. The lowest BCUT2D eigenvalue weighted by Gasteiger charge is -2.37. The predicted octanol–water partition coefficient (Wildman–Crippen LogP) is 2.99. The van der Waals surface area contributed by atoms with E-state index in [1.54, 1.807) is 0 Å². The molecule has 3 N–H and O–H groups in total. The zero-order valence-corrected chi connectivity index (χ0v) is 13.3. The first-order valence-electron chi connectivity index (χ1n) is 7.91. The molecule has 1 aromatic carbocycles. The monoisotopic (exact) mass is 303 g/mol. The van der Waals surface area contributed by atoms with Crippen molar-refractivity contribution >= 4 is 11.8 Å². The Hall–Kier alpha value is -1.68. The van der Waals surface area contributed by atoms with Crippen LogP contribution in [0.3, 0.4) is 0 Å². The number of ketones is 1. The van der Waals surface area contributed by atoms with E-state index in [4.69, 9.17) is 10.8 Å². The first kappa shape index (κ1) is 16.7. The molecule has 0 bridgehead atoms. The third-order valence-electron chi connectivity index (χ3n) is 4.77. The fourth-order valence-electron chi connectivity index (χ4n) is 3.32. The second kappa shape index (κ2) is 6.61. The third kappa shape index (κ3) is 3.74. The summed E-state index contributed by atoms with van der Waals surface area (Å²) in [6.07, 6.45) is 3.01. The van der Waals surface area contributed by atoms with Gasteiger partial charge in [0.1, 0.15) is 11.8 Å². The largest absolute Gasteiger partial charge is 0.480 e. The highest BCUT2D eigenvalue weighted by Gasteiger charge is 2.33. The quantitative estimate of drug-likeness (QED) is 0.846. The summed E-state index contributed by atoms with van der Waals surface area (Å²) < 4.78 is 0. The molecule has 1 aliphatic rings. The standard InChI is InChI=1S/C18H25NO3/c1-18(2)10-9-12(14-5-3-4-6-15(14)18)11-13(20)7-8-16(19)17(21)22/h3-6,12,16H,7-11,19H2,1-2H3,(H,21,22)/t12?,16-/m0/s1. The van der Waals surface area contributed by atoms with Crippen LogP contribution in [0.1, 0.15) is 63.0 Å². The van der Waals surface area contributed by atoms with Crippen LogP contribution >= 0.6 is 0 Å². The molecule has 2 atom stereocenters. The van der Waals surface area contributed by atoms with Crippen LogP contribution in [0, 0.1) is 0 Å². The Labute approximate surface area is 131 Å². The summed E-state index contributed by atoms with van der Waals surface area (Å²) in [4.78, 5) is 22.9. The summed E-state index contributed by atoms with van der Waals surface area (Å²) >= 11 is 0. The van der Waals surface area contributed by atoms with Crippen LogP contribution in [0.15, 0.2) is 24.3 Å². The molecule has 0 saturated carbocycles. The van der Waals surface area contributed by atoms with Gasteiger partial charge in [0, 0.05) is 12.8 Å². The highest BCUT2D eigenvalue weighted by Crippen LogP contribution is 2.43. The minimum absolute atomic E-state index is 0.108. The van der Waals surface area contributed by atoms with Crippen molar-refractivity contribution in [3.63, 3.8) is 0 Å². The van der Waals surface area contributed by atoms with E-state index in [0.29, 0.717) is 6.42 Å². The average molecular weight is 303 g/mol. The van der Waals surface area contributed by atoms with E-state index in [0.717, 1.165) is 12.8 Å². The third-order valence-corrected chi connectivity index (χ3v) is 4.77. The summed E-state index contributed by atoms with van der Waals surface area (Å²) in [6, 6.07) is 7.42. The van der Waals surface area contributed by atoms with Crippen molar-refractivity contribution in [2.75, 3.05) is 0 Å². The number of benzene rings is 1. The van der Waals surface area contributed by atoms with Crippen LogP contribution in [-0.2, 0) is 15.0 Å². The second-order valence-corrected chi connectivity index (χ2v) is 6.93. The molecule has 0 aromatic heterocycles. The molecule has 1 unspecified atom stereocenters. The molecule has 22 heavy (non-hydrogen) atoms. The van der Waals surface area contributed by atoms with E-state index in [2.05, 4.69) is 32.0 Å². The summed E-state index contributed by atoms with van der Waals surface area (Å²) in [5.74, 6) is -0.688. The number of aliphatic carboxylic acids is 1. The molecule has 1 aromatic rings. The van der Waals surface area contributed by atoms with E-state index < -0.39 is 12.0 Å². The minimum atomic E-state index is -1.04. The number of Topliss-reactive ketones (excluding diaryl/α,β-unsaturated/α-hetero) is 1. The van der Waals surface area contributed by atoms with Gasteiger partial charge in [-0.2, -0.15) is 0 Å². The molecular formula is C18H25NO3. The van der Waals surface area contributed by atoms with Crippen LogP contribution < -0.4 is 5.73 Å². The van der Waals surface area contributed by atoms with Crippen LogP contribution in [0.25, 0.3) is 0 Å². The molecule has 0 heterocycles. The van der Waals surface area contributed by atoms with Gasteiger partial charge in [-0.05, 0) is 41.7 Å². The topological polar surface area (TPSA) is 80.4 Å². The Morgan fingerprint density at radius 3 is 2.73 bits per heavy atom. The minimum Gasteiger partial charge on any atom is -0.480 e. The van der Waals surface area contributed by atoms with E-state index in [1.165, 1.54) is 11.1 Å². The average Bonchev–Trinajstić information content (AvgIpc) is 2.48. The van der Waals surface area contributed by atoms with Crippen LogP contribution in [0.2, 0.25) is 0 Å². The molecular weight excluding hydrogens is 278 g/mol. The van der Waals surface area contributed by atoms with Crippen molar-refractivity contribution in [2.24, 2.45) is 5.73 Å². The second-order valence-electron chi connectivity index (χ2n) is 6.93. The molecule has 120 valence electrons. The summed E-state index contributed by atoms with van der Waals surface area (Å²) in [7, 11) is 0. The Morgan fingerprint density at radius 2 is 2.05 bits per heavy atom. The fourth-order valence-corrected chi connectivity index (χ4v) is 3.32. The van der Waals surface area contributed by atoms with Crippen LogP contribution in [-0.4, -0.2) is 22.9 Å². The lowest BCUT2D eigenvalue weighted by atomic mass is 9.68. The molecule has 4 heteroatoms. The van der Waals surface area contributed by atoms with E-state index >= 15 is 0 Å². The normalized spacial score (nSPS) is 21.0. The van der Waals surface area contributed by atoms with Gasteiger partial charge in [-0.3, -0.25) is 9.59 Å². The number of fused-ring (bicyclic) bond motifs is 1. The van der Waals surface area contributed by atoms with Crippen molar-refractivity contribution in [2.45, 2.75) is 63.3 Å². The van der Waals surface area contributed by atoms with Gasteiger partial charge in [0.2, 0.25) is 0 Å². The first-order chi connectivity index (χ1) is 10.3. The van der Waals surface area contributed by atoms with E-state index in [9.17, 15) is 9.59 Å². The number of hydrogen-bond donors (Lipinski definition) is 2. The van der Waals surface area contributed by atoms with Gasteiger partial charge in [-0.1, -0.05) is 38.1 Å². The number of carbonyl (C=O) groups excluding carboxylic acids is 1. The molecule has 2 rings (SSSR count). The summed E-state index contributed by atoms with van der Waals surface area (Å²) in [5.41, 5.74) is 8.22. The van der Waals surface area contributed by atoms with Crippen molar-refractivity contribution in [1.82, 2.24) is 0 Å². The van der Waals surface area contributed by atoms with Gasteiger partial charge in [0.15, 0.2) is 0 Å². The number of carboxylic acids is 1. The molecule has 0 amide bonds. The molecule has 0 aliphatic heterocycles. The highest BCUT2D eigenvalue weighted by molar-refractivity contribution is 5.81. The van der Waals surface area contributed by atoms with Gasteiger partial charge >= 0.3 is 5.97 Å². The molecule has 4 nitrogen and oxygen atoms in total. The maximum absolute atomic E-state index is 12.2. The lowest BCUT2D eigenvalue weighted by molar-refractivity contribution is -0.138. The lowest BCUT2D eigenvalue weighted by Crippen LogP contribution is -2.31. The van der Waals surface area contributed by atoms with E-state index in [-0.39, 0.29) is 30.0 Å². The Morgan fingerprint density at radius 1 is 1.36 bits per heavy atom. The van der Waals surface area contributed by atoms with Crippen LogP contribution in [0.4, 0.5) is 0 Å². The van der Waals surface area contributed by atoms with Gasteiger partial charge < -0.3 is 10.8 Å². The van der Waals surface area contributed by atoms with Crippen molar-refractivity contribution < 1.29 is 14.7 Å². The number of nitrogens with two attached hydrogens (primary N) is 1. The zero-order chi connectivity index (χ0) is 16.3. The zero-order valence-electron chi connectivity index (χ0n) is 13.3. The Kier molecular flexibility index (Phi) is 5.01. The Bertz CT molecular complexity index is 565. The smallest absolute Gasteiger partial charge is 0.320 e. The molecule has 0 saturated heterocycles. The van der Waals surface area contributed by atoms with Crippen molar-refractivity contribution in [1.29, 1.82) is 0 Å². The van der Waals surface area contributed by atoms with Gasteiger partial charge in [0.25, 0.3) is 0 Å².